The molecule has 2 aromatic carbocycles. The molecule has 222 valence electrons. The van der Waals surface area contributed by atoms with E-state index in [9.17, 15) is 22.8 Å². The summed E-state index contributed by atoms with van der Waals surface area (Å²) in [5.41, 5.74) is 11.4. The van der Waals surface area contributed by atoms with Crippen LogP contribution in [0.25, 0.3) is 11.3 Å². The molecule has 0 fully saturated rings. The fourth-order valence-corrected chi connectivity index (χ4v) is 4.61. The number of hydrogen-bond acceptors (Lipinski definition) is 6. The molecule has 0 spiro atoms. The Labute approximate surface area is 246 Å². The van der Waals surface area contributed by atoms with Crippen molar-refractivity contribution < 1.29 is 18.0 Å². The average molecular weight is 601 g/mol. The van der Waals surface area contributed by atoms with E-state index in [4.69, 9.17) is 28.3 Å². The van der Waals surface area contributed by atoms with Crippen LogP contribution in [0, 0.1) is 17.2 Å². The van der Waals surface area contributed by atoms with Crippen molar-refractivity contribution in [1.82, 2.24) is 9.55 Å². The first-order chi connectivity index (χ1) is 19.9. The molecule has 1 heterocycles. The van der Waals surface area contributed by atoms with Gasteiger partial charge in [0.1, 0.15) is 5.70 Å². The smallest absolute Gasteiger partial charge is 0.394 e. The second kappa shape index (κ2) is 14.5. The van der Waals surface area contributed by atoms with Crippen molar-refractivity contribution in [3.8, 4) is 17.3 Å². The summed E-state index contributed by atoms with van der Waals surface area (Å²) in [6.45, 7) is 1.75. The number of nitriles is 1. The van der Waals surface area contributed by atoms with Gasteiger partial charge in [-0.1, -0.05) is 49.2 Å². The molecule has 12 heteroatoms. The zero-order chi connectivity index (χ0) is 30.9. The first-order valence-electron chi connectivity index (χ1n) is 13.3. The summed E-state index contributed by atoms with van der Waals surface area (Å²) in [6.07, 6.45) is 0.821. The predicted molar refractivity (Wildman–Crippen MR) is 156 cm³/mol. The molecule has 3 rings (SSSR count). The lowest BCUT2D eigenvalue weighted by Gasteiger charge is -2.22. The fraction of sp³-hybridized carbons (Fsp3) is 0.333. The highest BCUT2D eigenvalue weighted by atomic mass is 35.5. The summed E-state index contributed by atoms with van der Waals surface area (Å²) >= 11 is 6.16. The number of primary amides is 1. The number of alkyl halides is 3. The van der Waals surface area contributed by atoms with Crippen LogP contribution in [0.3, 0.4) is 0 Å². The van der Waals surface area contributed by atoms with Gasteiger partial charge in [0, 0.05) is 40.9 Å². The SMILES string of the molecule is CC(CCCC(c1cccc(CCCC#N)c1)n1cnc(-c2cc(Cl)ccc2N/C=C(\N)C(F)(F)F)cc1=O)C(N)=O. The van der Waals surface area contributed by atoms with Gasteiger partial charge in [0.2, 0.25) is 5.91 Å². The largest absolute Gasteiger partial charge is 0.432 e. The number of aryl methyl sites for hydroxylation is 1. The van der Waals surface area contributed by atoms with Gasteiger partial charge in [0.25, 0.3) is 5.56 Å². The molecule has 0 radical (unpaired) electrons. The second-order valence-electron chi connectivity index (χ2n) is 9.96. The predicted octanol–water partition coefficient (Wildman–Crippen LogP) is 6.07. The van der Waals surface area contributed by atoms with Crippen molar-refractivity contribution >= 4 is 23.2 Å². The normalized spacial score (nSPS) is 13.3. The quantitative estimate of drug-likeness (QED) is 0.204. The van der Waals surface area contributed by atoms with E-state index in [1.807, 2.05) is 24.3 Å². The van der Waals surface area contributed by atoms with Crippen LogP contribution in [0.15, 0.2) is 71.5 Å². The number of amides is 1. The van der Waals surface area contributed by atoms with E-state index >= 15 is 0 Å². The van der Waals surface area contributed by atoms with Crippen molar-refractivity contribution in [2.24, 2.45) is 17.4 Å². The van der Waals surface area contributed by atoms with Gasteiger partial charge in [0.15, 0.2) is 0 Å². The molecular weight excluding hydrogens is 569 g/mol. The molecule has 5 N–H and O–H groups in total. The van der Waals surface area contributed by atoms with Crippen LogP contribution in [-0.2, 0) is 11.2 Å². The number of nitrogens with two attached hydrogens (primary N) is 2. The molecule has 0 aliphatic heterocycles. The lowest BCUT2D eigenvalue weighted by Crippen LogP contribution is -2.26. The number of rotatable bonds is 13. The Morgan fingerprint density at radius 1 is 1.17 bits per heavy atom. The molecule has 2 unspecified atom stereocenters. The van der Waals surface area contributed by atoms with Gasteiger partial charge in [-0.25, -0.2) is 4.98 Å². The Morgan fingerprint density at radius 2 is 1.93 bits per heavy atom. The van der Waals surface area contributed by atoms with Gasteiger partial charge >= 0.3 is 6.18 Å². The van der Waals surface area contributed by atoms with Gasteiger partial charge in [-0.05, 0) is 55.0 Å². The highest BCUT2D eigenvalue weighted by Gasteiger charge is 2.31. The molecule has 0 saturated carbocycles. The number of carbonyl (C=O) groups is 1. The topological polar surface area (TPSA) is 140 Å². The zero-order valence-electron chi connectivity index (χ0n) is 23.0. The Kier molecular flexibility index (Phi) is 11.2. The minimum absolute atomic E-state index is 0.201. The maximum absolute atomic E-state index is 13.5. The molecular formula is C30H32ClF3N6O2. The highest BCUT2D eigenvalue weighted by Crippen LogP contribution is 2.31. The van der Waals surface area contributed by atoms with Gasteiger partial charge in [0.05, 0.1) is 24.1 Å². The number of hydrogen-bond donors (Lipinski definition) is 3. The highest BCUT2D eigenvalue weighted by molar-refractivity contribution is 6.31. The molecule has 0 aliphatic rings. The van der Waals surface area contributed by atoms with Crippen molar-refractivity contribution in [3.05, 3.63) is 93.3 Å². The monoisotopic (exact) mass is 600 g/mol. The minimum Gasteiger partial charge on any atom is -0.394 e. The first-order valence-corrected chi connectivity index (χ1v) is 13.7. The Bertz CT molecular complexity index is 1530. The first kappa shape index (κ1) is 32.2. The molecule has 0 aliphatic carbocycles. The van der Waals surface area contributed by atoms with E-state index in [1.165, 1.54) is 35.2 Å². The number of halogens is 4. The van der Waals surface area contributed by atoms with Crippen LogP contribution < -0.4 is 22.3 Å². The van der Waals surface area contributed by atoms with Gasteiger partial charge in [-0.2, -0.15) is 18.4 Å². The van der Waals surface area contributed by atoms with Crippen LogP contribution in [0.5, 0.6) is 0 Å². The maximum Gasteiger partial charge on any atom is 0.432 e. The van der Waals surface area contributed by atoms with E-state index in [2.05, 4.69) is 16.4 Å². The van der Waals surface area contributed by atoms with Crippen molar-refractivity contribution in [2.75, 3.05) is 5.32 Å². The maximum atomic E-state index is 13.5. The molecule has 42 heavy (non-hydrogen) atoms. The Balaban J connectivity index is 1.99. The van der Waals surface area contributed by atoms with Crippen LogP contribution >= 0.6 is 11.6 Å². The van der Waals surface area contributed by atoms with Crippen molar-refractivity contribution in [1.29, 1.82) is 5.26 Å². The molecule has 3 aromatic rings. The fourth-order valence-electron chi connectivity index (χ4n) is 4.44. The average Bonchev–Trinajstić information content (AvgIpc) is 2.94. The summed E-state index contributed by atoms with van der Waals surface area (Å²) in [6, 6.07) is 15.2. The summed E-state index contributed by atoms with van der Waals surface area (Å²) in [7, 11) is 0. The van der Waals surface area contributed by atoms with Gasteiger partial charge in [-0.3, -0.25) is 14.2 Å². The number of aromatic nitrogens is 2. The Morgan fingerprint density at radius 3 is 2.60 bits per heavy atom. The van der Waals surface area contributed by atoms with E-state index in [0.29, 0.717) is 55.3 Å². The van der Waals surface area contributed by atoms with E-state index < -0.39 is 23.8 Å². The van der Waals surface area contributed by atoms with Gasteiger partial charge < -0.3 is 16.8 Å². The summed E-state index contributed by atoms with van der Waals surface area (Å²) < 4.78 is 40.1. The number of carbonyl (C=O) groups excluding carboxylic acids is 1. The number of unbranched alkanes of at least 4 members (excludes halogenated alkanes) is 1. The van der Waals surface area contributed by atoms with Crippen LogP contribution in [0.1, 0.15) is 56.2 Å². The molecule has 8 nitrogen and oxygen atoms in total. The Hall–Kier alpha value is -4.30. The van der Waals surface area contributed by atoms with Crippen molar-refractivity contribution in [3.63, 3.8) is 0 Å². The van der Waals surface area contributed by atoms with E-state index in [-0.39, 0.29) is 22.9 Å². The number of benzene rings is 2. The van der Waals surface area contributed by atoms with E-state index in [0.717, 1.165) is 11.1 Å². The third kappa shape index (κ3) is 8.85. The molecule has 0 saturated heterocycles. The molecule has 1 aromatic heterocycles. The summed E-state index contributed by atoms with van der Waals surface area (Å²) in [5, 5.41) is 11.7. The second-order valence-corrected chi connectivity index (χ2v) is 10.4. The molecule has 1 amide bonds. The zero-order valence-corrected chi connectivity index (χ0v) is 23.8. The standard InChI is InChI=1S/C30H32ClF3N6O2/c1-19(29(37)42)6-4-10-26(21-9-5-8-20(14-21)7-2-3-13-35)40-18-39-25(16-28(40)41)23-15-22(31)11-12-24(23)38-17-27(36)30(32,33)34/h5,8-9,11-12,14-19,26,38H,2-4,6-7,10,36H2,1H3,(H2,37,42)/b27-17-. The number of anilines is 1. The molecule has 0 bridgehead atoms. The van der Waals surface area contributed by atoms with Crippen LogP contribution in [-0.4, -0.2) is 21.6 Å². The summed E-state index contributed by atoms with van der Waals surface area (Å²) in [4.78, 5) is 29.5. The summed E-state index contributed by atoms with van der Waals surface area (Å²) in [5.74, 6) is -0.721. The number of nitrogens with zero attached hydrogens (tertiary/aromatic N) is 3. The molecule has 2 atom stereocenters. The minimum atomic E-state index is -4.71. The van der Waals surface area contributed by atoms with Crippen LogP contribution in [0.2, 0.25) is 5.02 Å². The van der Waals surface area contributed by atoms with Crippen molar-refractivity contribution in [2.45, 2.75) is 57.7 Å². The lowest BCUT2D eigenvalue weighted by molar-refractivity contribution is -0.121. The van der Waals surface area contributed by atoms with Gasteiger partial charge in [-0.15, -0.1) is 0 Å². The third-order valence-corrected chi connectivity index (χ3v) is 7.07. The number of nitrogens with one attached hydrogen (secondary N) is 1. The number of allylic oxidation sites excluding steroid dienone is 1. The lowest BCUT2D eigenvalue weighted by atomic mass is 9.95. The van der Waals surface area contributed by atoms with Crippen LogP contribution in [0.4, 0.5) is 18.9 Å². The third-order valence-electron chi connectivity index (χ3n) is 6.83. The van der Waals surface area contributed by atoms with E-state index in [1.54, 1.807) is 6.92 Å².